The Labute approximate surface area is 200 Å². The number of benzene rings is 1. The van der Waals surface area contributed by atoms with Crippen molar-refractivity contribution in [2.24, 2.45) is 20.0 Å². The van der Waals surface area contributed by atoms with E-state index in [2.05, 4.69) is 32.0 Å². The van der Waals surface area contributed by atoms with Gasteiger partial charge in [-0.15, -0.1) is 0 Å². The van der Waals surface area contributed by atoms with Gasteiger partial charge in [0, 0.05) is 19.8 Å². The van der Waals surface area contributed by atoms with Crippen molar-refractivity contribution in [3.63, 3.8) is 0 Å². The van der Waals surface area contributed by atoms with Gasteiger partial charge in [0.05, 0.1) is 41.9 Å². The summed E-state index contributed by atoms with van der Waals surface area (Å²) in [5.74, 6) is 0.405. The van der Waals surface area contributed by atoms with Crippen molar-refractivity contribution in [2.45, 2.75) is 53.6 Å². The zero-order chi connectivity index (χ0) is 25.3. The number of aliphatic imine (C=N–C) groups is 4. The number of H-pyrrole nitrogens is 1. The maximum atomic E-state index is 13.7. The van der Waals surface area contributed by atoms with Crippen LogP contribution in [0.2, 0.25) is 0 Å². The lowest BCUT2D eigenvalue weighted by molar-refractivity contribution is 0.628. The van der Waals surface area contributed by atoms with E-state index in [4.69, 9.17) is 4.99 Å². The van der Waals surface area contributed by atoms with Gasteiger partial charge < -0.3 is 15.2 Å². The summed E-state index contributed by atoms with van der Waals surface area (Å²) in [6.45, 7) is 14.9. The van der Waals surface area contributed by atoms with E-state index in [0.29, 0.717) is 54.1 Å². The molecule has 3 rings (SSSR count). The molecule has 0 amide bonds. The molecule has 1 aliphatic rings. The number of hydrogen-bond donors (Lipinski definition) is 2. The maximum Gasteiger partial charge on any atom is 0.327 e. The molecule has 0 aliphatic carbocycles. The second kappa shape index (κ2) is 12.6. The topological polar surface area (TPSA) is 102 Å². The summed E-state index contributed by atoms with van der Waals surface area (Å²) in [5.41, 5.74) is 2.40. The predicted molar refractivity (Wildman–Crippen MR) is 142 cm³/mol. The summed E-state index contributed by atoms with van der Waals surface area (Å²) in [5, 5.41) is 3.00. The predicted octanol–water partition coefficient (Wildman–Crippen LogP) is 4.07. The molecular weight excluding hydrogens is 435 g/mol. The monoisotopic (exact) mass is 470 g/mol. The van der Waals surface area contributed by atoms with Crippen LogP contribution < -0.4 is 15.9 Å². The molecule has 1 unspecified atom stereocenters. The number of guanidine groups is 1. The Morgan fingerprint density at radius 2 is 2.12 bits per heavy atom. The number of aromatic amines is 1. The minimum atomic E-state index is -0.351. The van der Waals surface area contributed by atoms with Crippen molar-refractivity contribution in [2.75, 3.05) is 30.4 Å². The molecule has 0 bridgehead atoms. The summed E-state index contributed by atoms with van der Waals surface area (Å²) < 4.78 is 15.3. The molecule has 1 aliphatic heterocycles. The average Bonchev–Trinajstić information content (AvgIpc) is 3.14. The van der Waals surface area contributed by atoms with Gasteiger partial charge >= 0.3 is 5.69 Å². The molecule has 1 atom stereocenters. The molecule has 0 fully saturated rings. The number of halogens is 1. The van der Waals surface area contributed by atoms with Gasteiger partial charge in [0.25, 0.3) is 0 Å². The molecule has 34 heavy (non-hydrogen) atoms. The summed E-state index contributed by atoms with van der Waals surface area (Å²) in [6, 6.07) is 4.52. The van der Waals surface area contributed by atoms with Gasteiger partial charge in [0.2, 0.25) is 5.96 Å². The van der Waals surface area contributed by atoms with Gasteiger partial charge in [0.1, 0.15) is 5.82 Å². The highest BCUT2D eigenvalue weighted by Gasteiger charge is 2.20. The lowest BCUT2D eigenvalue weighted by atomic mass is 10.2. The summed E-state index contributed by atoms with van der Waals surface area (Å²) in [4.78, 5) is 35.2. The van der Waals surface area contributed by atoms with Crippen molar-refractivity contribution in [1.29, 1.82) is 0 Å². The van der Waals surface area contributed by atoms with Crippen LogP contribution in [0.4, 0.5) is 21.6 Å². The molecule has 0 saturated heterocycles. The summed E-state index contributed by atoms with van der Waals surface area (Å²) in [6.07, 6.45) is 2.27. The highest BCUT2D eigenvalue weighted by atomic mass is 19.1. The number of nitrogens with one attached hydrogen (secondary N) is 2. The fourth-order valence-corrected chi connectivity index (χ4v) is 3.58. The van der Waals surface area contributed by atoms with Crippen molar-refractivity contribution < 1.29 is 4.39 Å². The lowest BCUT2D eigenvalue weighted by Gasteiger charge is -2.24. The third-order valence-electron chi connectivity index (χ3n) is 5.12. The minimum Gasteiger partial charge on any atom is -0.386 e. The van der Waals surface area contributed by atoms with E-state index in [1.54, 1.807) is 24.2 Å². The van der Waals surface area contributed by atoms with E-state index in [1.807, 2.05) is 34.6 Å². The summed E-state index contributed by atoms with van der Waals surface area (Å²) >= 11 is 0. The Kier molecular flexibility index (Phi) is 9.91. The van der Waals surface area contributed by atoms with Crippen LogP contribution in [-0.2, 0) is 13.0 Å². The van der Waals surface area contributed by atoms with Crippen molar-refractivity contribution in [3.8, 4) is 0 Å². The van der Waals surface area contributed by atoms with Crippen molar-refractivity contribution in [1.82, 2.24) is 9.55 Å². The van der Waals surface area contributed by atoms with Crippen LogP contribution in [-0.4, -0.2) is 60.3 Å². The first-order valence-corrected chi connectivity index (χ1v) is 11.6. The zero-order valence-electron chi connectivity index (χ0n) is 20.9. The Hall–Kier alpha value is -3.56. The molecular formula is C24H35FN8O. The van der Waals surface area contributed by atoms with E-state index < -0.39 is 0 Å². The fourth-order valence-electron chi connectivity index (χ4n) is 3.58. The Balaban J connectivity index is 0.00000199. The number of aromatic nitrogens is 2. The third-order valence-corrected chi connectivity index (χ3v) is 5.12. The second-order valence-corrected chi connectivity index (χ2v) is 7.36. The standard InChI is InChI=1S/C22H29FN8O.C2H6/c1-6-17-20(31(22(32)28-17)13-16-12-26-11-14(3)27-16)29-21(25-5)30(7-2)19-9-8-15(23)10-18(19)24-4;1-2/h8-10,12,14,24H,5-7,11,13H2,1-4H3,(H,28,32);1-2H3/b29-21+;. The third kappa shape index (κ3) is 6.06. The van der Waals surface area contributed by atoms with Gasteiger partial charge in [-0.3, -0.25) is 14.6 Å². The lowest BCUT2D eigenvalue weighted by Crippen LogP contribution is -2.30. The Morgan fingerprint density at radius 1 is 1.38 bits per heavy atom. The molecule has 10 heteroatoms. The van der Waals surface area contributed by atoms with Crippen LogP contribution >= 0.6 is 0 Å². The second-order valence-electron chi connectivity index (χ2n) is 7.36. The number of rotatable bonds is 7. The molecule has 184 valence electrons. The van der Waals surface area contributed by atoms with Gasteiger partial charge in [0.15, 0.2) is 5.82 Å². The van der Waals surface area contributed by atoms with Crippen LogP contribution in [0.15, 0.2) is 43.0 Å². The van der Waals surface area contributed by atoms with Gasteiger partial charge in [-0.1, -0.05) is 20.8 Å². The number of nitrogens with zero attached hydrogens (tertiary/aromatic N) is 6. The number of hydrogen-bond acceptors (Lipinski definition) is 5. The first-order valence-electron chi connectivity index (χ1n) is 11.6. The molecule has 9 nitrogen and oxygen atoms in total. The molecule has 2 aromatic rings. The minimum absolute atomic E-state index is 0.0710. The normalized spacial score (nSPS) is 15.3. The fraction of sp³-hybridized carbons (Fsp3) is 0.458. The van der Waals surface area contributed by atoms with E-state index >= 15 is 0 Å². The smallest absolute Gasteiger partial charge is 0.327 e. The highest BCUT2D eigenvalue weighted by molar-refractivity contribution is 6.31. The zero-order valence-corrected chi connectivity index (χ0v) is 20.9. The van der Waals surface area contributed by atoms with E-state index in [9.17, 15) is 9.18 Å². The van der Waals surface area contributed by atoms with E-state index in [-0.39, 0.29) is 24.1 Å². The average molecular weight is 471 g/mol. The van der Waals surface area contributed by atoms with Gasteiger partial charge in [-0.05, 0) is 45.2 Å². The highest BCUT2D eigenvalue weighted by Crippen LogP contribution is 2.28. The molecule has 2 heterocycles. The molecule has 0 radical (unpaired) electrons. The maximum absolute atomic E-state index is 13.7. The number of anilines is 2. The van der Waals surface area contributed by atoms with E-state index in [1.165, 1.54) is 16.7 Å². The molecule has 1 aromatic heterocycles. The van der Waals surface area contributed by atoms with Crippen LogP contribution in [0, 0.1) is 5.82 Å². The molecule has 2 N–H and O–H groups in total. The van der Waals surface area contributed by atoms with Crippen LogP contribution in [0.5, 0.6) is 0 Å². The number of imidazole rings is 1. The van der Waals surface area contributed by atoms with Crippen LogP contribution in [0.1, 0.15) is 40.3 Å². The largest absolute Gasteiger partial charge is 0.386 e. The molecule has 1 aromatic carbocycles. The number of aryl methyl sites for hydroxylation is 1. The first kappa shape index (κ1) is 26.7. The molecule has 0 spiro atoms. The van der Waals surface area contributed by atoms with Crippen LogP contribution in [0.25, 0.3) is 0 Å². The first-order chi connectivity index (χ1) is 16.4. The van der Waals surface area contributed by atoms with E-state index in [0.717, 1.165) is 0 Å². The summed E-state index contributed by atoms with van der Waals surface area (Å²) in [7, 11) is 1.72. The van der Waals surface area contributed by atoms with Gasteiger partial charge in [-0.2, -0.15) is 4.99 Å². The molecule has 0 saturated carbocycles. The van der Waals surface area contributed by atoms with Crippen LogP contribution in [0.3, 0.4) is 0 Å². The SMILES string of the molecule is C=N/C(=N\c1c(CC)[nH]c(=O)n1CC1=NC(C)CN=C1)N(CC)c1ccc(F)cc1NC.CC. The van der Waals surface area contributed by atoms with Crippen molar-refractivity contribution in [3.05, 3.63) is 40.2 Å². The van der Waals surface area contributed by atoms with Gasteiger partial charge in [-0.25, -0.2) is 14.2 Å². The Bertz CT molecular complexity index is 1130. The quantitative estimate of drug-likeness (QED) is 0.471. The van der Waals surface area contributed by atoms with Crippen molar-refractivity contribution >= 4 is 41.8 Å². The Morgan fingerprint density at radius 3 is 2.71 bits per heavy atom.